The number of thiocarbonyl (C=S) groups is 1. The van der Waals surface area contributed by atoms with E-state index in [4.69, 9.17) is 12.2 Å². The number of halogens is 1. The number of hydrogen-bond donors (Lipinski definition) is 2. The lowest BCUT2D eigenvalue weighted by molar-refractivity contribution is -0.118. The van der Waals surface area contributed by atoms with Gasteiger partial charge in [0, 0.05) is 9.26 Å². The minimum absolute atomic E-state index is 0.132. The average molecular weight is 404 g/mol. The molecule has 1 rings (SSSR count). The highest BCUT2D eigenvalue weighted by Crippen LogP contribution is 2.12. The summed E-state index contributed by atoms with van der Waals surface area (Å²) in [6.45, 7) is 3.76. The first-order valence-electron chi connectivity index (χ1n) is 6.86. The maximum Gasteiger partial charge on any atom is 0.171 e. The third-order valence-electron chi connectivity index (χ3n) is 2.97. The van der Waals surface area contributed by atoms with E-state index < -0.39 is 0 Å². The van der Waals surface area contributed by atoms with Gasteiger partial charge >= 0.3 is 0 Å². The Morgan fingerprint density at radius 1 is 1.40 bits per heavy atom. The van der Waals surface area contributed by atoms with Crippen molar-refractivity contribution in [3.8, 4) is 0 Å². The van der Waals surface area contributed by atoms with Gasteiger partial charge in [-0.1, -0.05) is 32.3 Å². The molecule has 0 spiro atoms. The number of carbonyl (C=O) groups is 1. The van der Waals surface area contributed by atoms with Gasteiger partial charge in [-0.05, 0) is 66.4 Å². The van der Waals surface area contributed by atoms with Gasteiger partial charge in [0.25, 0.3) is 0 Å². The van der Waals surface area contributed by atoms with Crippen LogP contribution in [0.3, 0.4) is 0 Å². The second-order valence-electron chi connectivity index (χ2n) is 4.77. The molecule has 110 valence electrons. The van der Waals surface area contributed by atoms with Crippen LogP contribution in [0.1, 0.15) is 39.5 Å². The van der Waals surface area contributed by atoms with Crippen molar-refractivity contribution < 1.29 is 4.79 Å². The van der Waals surface area contributed by atoms with Crippen molar-refractivity contribution in [2.45, 2.75) is 45.6 Å². The molecule has 0 aromatic heterocycles. The SMILES string of the molecule is CCCCCC(NC(=S)Nc1cccc(I)c1)C(C)=O. The van der Waals surface area contributed by atoms with Crippen LogP contribution in [0.5, 0.6) is 0 Å². The smallest absolute Gasteiger partial charge is 0.171 e. The zero-order valence-electron chi connectivity index (χ0n) is 11.9. The number of carbonyl (C=O) groups excluding carboxylic acids is 1. The predicted octanol–water partition coefficient (Wildman–Crippen LogP) is 4.12. The van der Waals surface area contributed by atoms with Crippen molar-refractivity contribution in [3.05, 3.63) is 27.8 Å². The van der Waals surface area contributed by atoms with Crippen LogP contribution in [0.15, 0.2) is 24.3 Å². The van der Waals surface area contributed by atoms with Crippen LogP contribution in [0, 0.1) is 3.57 Å². The van der Waals surface area contributed by atoms with Gasteiger partial charge in [-0.15, -0.1) is 0 Å². The number of ketones is 1. The number of unbranched alkanes of at least 4 members (excludes halogenated alkanes) is 2. The van der Waals surface area contributed by atoms with Crippen LogP contribution in [-0.4, -0.2) is 16.9 Å². The maximum absolute atomic E-state index is 11.6. The Morgan fingerprint density at radius 2 is 2.15 bits per heavy atom. The van der Waals surface area contributed by atoms with Gasteiger partial charge in [0.2, 0.25) is 0 Å². The molecule has 1 atom stereocenters. The summed E-state index contributed by atoms with van der Waals surface area (Å²) < 4.78 is 1.14. The van der Waals surface area contributed by atoms with Crippen molar-refractivity contribution in [1.82, 2.24) is 5.32 Å². The largest absolute Gasteiger partial charge is 0.353 e. The molecule has 1 aromatic rings. The maximum atomic E-state index is 11.6. The van der Waals surface area contributed by atoms with Crippen LogP contribution in [-0.2, 0) is 4.79 Å². The highest BCUT2D eigenvalue weighted by atomic mass is 127. The molecule has 0 saturated carbocycles. The summed E-state index contributed by atoms with van der Waals surface area (Å²) in [5, 5.41) is 6.74. The quantitative estimate of drug-likeness (QED) is 0.408. The summed E-state index contributed by atoms with van der Waals surface area (Å²) in [6.07, 6.45) is 4.16. The van der Waals surface area contributed by atoms with Gasteiger partial charge < -0.3 is 10.6 Å². The Labute approximate surface area is 140 Å². The number of anilines is 1. The van der Waals surface area contributed by atoms with Crippen molar-refractivity contribution in [2.24, 2.45) is 0 Å². The van der Waals surface area contributed by atoms with Gasteiger partial charge in [-0.3, -0.25) is 4.79 Å². The van der Waals surface area contributed by atoms with E-state index in [9.17, 15) is 4.79 Å². The van der Waals surface area contributed by atoms with Gasteiger partial charge in [-0.25, -0.2) is 0 Å². The number of hydrogen-bond acceptors (Lipinski definition) is 2. The first-order valence-corrected chi connectivity index (χ1v) is 8.35. The number of nitrogens with one attached hydrogen (secondary N) is 2. The normalized spacial score (nSPS) is 11.8. The molecule has 2 N–H and O–H groups in total. The van der Waals surface area contributed by atoms with E-state index in [1.54, 1.807) is 6.92 Å². The molecule has 3 nitrogen and oxygen atoms in total. The second kappa shape index (κ2) is 9.28. The summed E-state index contributed by atoms with van der Waals surface area (Å²) in [5.41, 5.74) is 0.935. The van der Waals surface area contributed by atoms with Crippen LogP contribution in [0.4, 0.5) is 5.69 Å². The molecular weight excluding hydrogens is 383 g/mol. The monoisotopic (exact) mass is 404 g/mol. The second-order valence-corrected chi connectivity index (χ2v) is 6.42. The first-order chi connectivity index (χ1) is 9.52. The summed E-state index contributed by atoms with van der Waals surface area (Å²) in [5.74, 6) is 0.132. The van der Waals surface area contributed by atoms with Gasteiger partial charge in [0.05, 0.1) is 6.04 Å². The molecule has 0 bridgehead atoms. The molecule has 5 heteroatoms. The van der Waals surface area contributed by atoms with Crippen molar-refractivity contribution >= 4 is 51.4 Å². The zero-order valence-corrected chi connectivity index (χ0v) is 14.9. The average Bonchev–Trinajstić information content (AvgIpc) is 2.37. The lowest BCUT2D eigenvalue weighted by atomic mass is 10.1. The minimum atomic E-state index is -0.190. The molecule has 0 aliphatic heterocycles. The van der Waals surface area contributed by atoms with E-state index in [0.717, 1.165) is 34.9 Å². The summed E-state index contributed by atoms with van der Waals surface area (Å²) in [4.78, 5) is 11.6. The summed E-state index contributed by atoms with van der Waals surface area (Å²) in [7, 11) is 0. The minimum Gasteiger partial charge on any atom is -0.353 e. The Kier molecular flexibility index (Phi) is 8.06. The van der Waals surface area contributed by atoms with E-state index in [-0.39, 0.29) is 11.8 Å². The fourth-order valence-corrected chi connectivity index (χ4v) is 2.67. The standard InChI is InChI=1S/C15H21IN2OS/c1-3-4-5-9-14(11(2)19)18-15(20)17-13-8-6-7-12(16)10-13/h6-8,10,14H,3-5,9H2,1-2H3,(H2,17,18,20). The van der Waals surface area contributed by atoms with Crippen molar-refractivity contribution in [2.75, 3.05) is 5.32 Å². The van der Waals surface area contributed by atoms with E-state index >= 15 is 0 Å². The first kappa shape index (κ1) is 17.4. The van der Waals surface area contributed by atoms with E-state index in [1.807, 2.05) is 24.3 Å². The van der Waals surface area contributed by atoms with Crippen LogP contribution in [0.25, 0.3) is 0 Å². The summed E-state index contributed by atoms with van der Waals surface area (Å²) in [6, 6.07) is 7.76. The number of Topliss-reactive ketones (excluding diaryl/α,β-unsaturated/α-hetero) is 1. The molecule has 0 amide bonds. The molecule has 0 fully saturated rings. The fraction of sp³-hybridized carbons (Fsp3) is 0.467. The van der Waals surface area contributed by atoms with Gasteiger partial charge in [0.15, 0.2) is 10.9 Å². The molecule has 20 heavy (non-hydrogen) atoms. The van der Waals surface area contributed by atoms with E-state index in [1.165, 1.54) is 0 Å². The Balaban J connectivity index is 2.51. The van der Waals surface area contributed by atoms with Gasteiger partial charge in [0.1, 0.15) is 0 Å². The topological polar surface area (TPSA) is 41.1 Å². The fourth-order valence-electron chi connectivity index (χ4n) is 1.87. The van der Waals surface area contributed by atoms with E-state index in [0.29, 0.717) is 5.11 Å². The Bertz CT molecular complexity index is 465. The number of rotatable bonds is 7. The molecule has 0 heterocycles. The Hall–Kier alpha value is -0.690. The van der Waals surface area contributed by atoms with Gasteiger partial charge in [-0.2, -0.15) is 0 Å². The molecule has 0 saturated heterocycles. The molecule has 0 aliphatic rings. The van der Waals surface area contributed by atoms with E-state index in [2.05, 4.69) is 40.1 Å². The molecular formula is C15H21IN2OS. The van der Waals surface area contributed by atoms with Crippen molar-refractivity contribution in [3.63, 3.8) is 0 Å². The van der Waals surface area contributed by atoms with Crippen LogP contribution in [0.2, 0.25) is 0 Å². The Morgan fingerprint density at radius 3 is 2.75 bits per heavy atom. The zero-order chi connectivity index (χ0) is 15.0. The predicted molar refractivity (Wildman–Crippen MR) is 97.1 cm³/mol. The lowest BCUT2D eigenvalue weighted by Gasteiger charge is -2.18. The van der Waals surface area contributed by atoms with Crippen LogP contribution >= 0.6 is 34.8 Å². The highest BCUT2D eigenvalue weighted by Gasteiger charge is 2.14. The highest BCUT2D eigenvalue weighted by molar-refractivity contribution is 14.1. The molecule has 0 aliphatic carbocycles. The molecule has 1 aromatic carbocycles. The molecule has 1 unspecified atom stereocenters. The lowest BCUT2D eigenvalue weighted by Crippen LogP contribution is -2.41. The third kappa shape index (κ3) is 6.65. The van der Waals surface area contributed by atoms with Crippen molar-refractivity contribution in [1.29, 1.82) is 0 Å². The molecule has 0 radical (unpaired) electrons. The summed E-state index contributed by atoms with van der Waals surface area (Å²) >= 11 is 7.53. The van der Waals surface area contributed by atoms with Crippen LogP contribution < -0.4 is 10.6 Å². The third-order valence-corrected chi connectivity index (χ3v) is 3.87. The number of benzene rings is 1.